The Morgan fingerprint density at radius 1 is 1.10 bits per heavy atom. The highest BCUT2D eigenvalue weighted by Gasteiger charge is 2.31. The Kier molecular flexibility index (Phi) is 3.70. The van der Waals surface area contributed by atoms with Crippen LogP contribution in [0.5, 0.6) is 5.75 Å². The van der Waals surface area contributed by atoms with Gasteiger partial charge in [0.2, 0.25) is 0 Å². The summed E-state index contributed by atoms with van der Waals surface area (Å²) in [5, 5.41) is 10.8. The van der Waals surface area contributed by atoms with Gasteiger partial charge < -0.3 is 10.5 Å². The SMILES string of the molecule is Nc1ccc(-c2cccc(OC(F)(F)F)c2)cc1[N+](=O)[O-]. The highest BCUT2D eigenvalue weighted by atomic mass is 19.4. The van der Waals surface area contributed by atoms with Gasteiger partial charge in [-0.15, -0.1) is 13.2 Å². The van der Waals surface area contributed by atoms with Crippen molar-refractivity contribution in [3.8, 4) is 16.9 Å². The summed E-state index contributed by atoms with van der Waals surface area (Å²) in [6.45, 7) is 0. The molecule has 5 nitrogen and oxygen atoms in total. The van der Waals surface area contributed by atoms with Crippen molar-refractivity contribution in [1.29, 1.82) is 0 Å². The molecular weight excluding hydrogens is 289 g/mol. The molecule has 0 saturated heterocycles. The zero-order valence-corrected chi connectivity index (χ0v) is 10.4. The number of anilines is 1. The third-order valence-electron chi connectivity index (χ3n) is 2.63. The Morgan fingerprint density at radius 3 is 2.38 bits per heavy atom. The van der Waals surface area contributed by atoms with Crippen molar-refractivity contribution in [2.75, 3.05) is 5.73 Å². The van der Waals surface area contributed by atoms with Crippen molar-refractivity contribution in [2.24, 2.45) is 0 Å². The third kappa shape index (κ3) is 3.62. The maximum atomic E-state index is 12.2. The summed E-state index contributed by atoms with van der Waals surface area (Å²) in [6, 6.07) is 9.16. The van der Waals surface area contributed by atoms with Crippen LogP contribution < -0.4 is 10.5 Å². The van der Waals surface area contributed by atoms with E-state index in [9.17, 15) is 23.3 Å². The Labute approximate surface area is 116 Å². The monoisotopic (exact) mass is 298 g/mol. The maximum absolute atomic E-state index is 12.2. The van der Waals surface area contributed by atoms with E-state index in [0.717, 1.165) is 12.1 Å². The number of nitrogens with two attached hydrogens (primary N) is 1. The number of hydrogen-bond acceptors (Lipinski definition) is 4. The Morgan fingerprint density at radius 2 is 1.76 bits per heavy atom. The van der Waals surface area contributed by atoms with Crippen molar-refractivity contribution in [3.63, 3.8) is 0 Å². The van der Waals surface area contributed by atoms with Gasteiger partial charge in [0, 0.05) is 6.07 Å². The molecule has 110 valence electrons. The fourth-order valence-corrected chi connectivity index (χ4v) is 1.75. The summed E-state index contributed by atoms with van der Waals surface area (Å²) >= 11 is 0. The Bertz CT molecular complexity index is 687. The summed E-state index contributed by atoms with van der Waals surface area (Å²) in [6.07, 6.45) is -4.80. The fourth-order valence-electron chi connectivity index (χ4n) is 1.75. The van der Waals surface area contributed by atoms with Gasteiger partial charge in [-0.3, -0.25) is 10.1 Å². The number of rotatable bonds is 3. The van der Waals surface area contributed by atoms with Crippen LogP contribution in [0.4, 0.5) is 24.5 Å². The van der Waals surface area contributed by atoms with E-state index in [1.54, 1.807) is 0 Å². The van der Waals surface area contributed by atoms with E-state index in [1.807, 2.05) is 0 Å². The van der Waals surface area contributed by atoms with Crippen molar-refractivity contribution < 1.29 is 22.8 Å². The number of alkyl halides is 3. The first kappa shape index (κ1) is 14.6. The van der Waals surface area contributed by atoms with E-state index in [0.29, 0.717) is 11.1 Å². The van der Waals surface area contributed by atoms with Crippen LogP contribution in [-0.2, 0) is 0 Å². The lowest BCUT2D eigenvalue weighted by atomic mass is 10.0. The van der Waals surface area contributed by atoms with Crippen LogP contribution in [-0.4, -0.2) is 11.3 Å². The highest BCUT2D eigenvalue weighted by molar-refractivity contribution is 5.72. The minimum atomic E-state index is -4.80. The van der Waals surface area contributed by atoms with E-state index >= 15 is 0 Å². The molecule has 2 aromatic rings. The topological polar surface area (TPSA) is 78.4 Å². The molecule has 0 amide bonds. The first-order chi connectivity index (χ1) is 9.76. The third-order valence-corrected chi connectivity index (χ3v) is 2.63. The molecule has 0 atom stereocenters. The average Bonchev–Trinajstić information content (AvgIpc) is 2.37. The van der Waals surface area contributed by atoms with E-state index in [2.05, 4.69) is 4.74 Å². The molecule has 2 rings (SSSR count). The molecular formula is C13H9F3N2O3. The lowest BCUT2D eigenvalue weighted by Crippen LogP contribution is -2.17. The zero-order valence-electron chi connectivity index (χ0n) is 10.4. The van der Waals surface area contributed by atoms with Crippen molar-refractivity contribution in [1.82, 2.24) is 0 Å². The van der Waals surface area contributed by atoms with Crippen LogP contribution in [0.15, 0.2) is 42.5 Å². The molecule has 0 bridgehead atoms. The van der Waals surface area contributed by atoms with Crippen LogP contribution in [0.25, 0.3) is 11.1 Å². The summed E-state index contributed by atoms with van der Waals surface area (Å²) in [5.74, 6) is -0.403. The van der Waals surface area contributed by atoms with Crippen LogP contribution >= 0.6 is 0 Å². The predicted octanol–water partition coefficient (Wildman–Crippen LogP) is 3.74. The molecule has 0 aromatic heterocycles. The summed E-state index contributed by atoms with van der Waals surface area (Å²) < 4.78 is 40.3. The zero-order chi connectivity index (χ0) is 15.6. The smallest absolute Gasteiger partial charge is 0.406 e. The van der Waals surface area contributed by atoms with Gasteiger partial charge in [-0.1, -0.05) is 18.2 Å². The van der Waals surface area contributed by atoms with Crippen LogP contribution in [0.3, 0.4) is 0 Å². The highest BCUT2D eigenvalue weighted by Crippen LogP contribution is 2.31. The van der Waals surface area contributed by atoms with Crippen molar-refractivity contribution in [3.05, 3.63) is 52.6 Å². The number of ether oxygens (including phenoxy) is 1. The van der Waals surface area contributed by atoms with Gasteiger partial charge in [0.25, 0.3) is 5.69 Å². The van der Waals surface area contributed by atoms with Crippen LogP contribution in [0, 0.1) is 10.1 Å². The number of nitro groups is 1. The molecule has 2 aromatic carbocycles. The van der Waals surface area contributed by atoms with E-state index in [1.165, 1.54) is 30.3 Å². The molecule has 21 heavy (non-hydrogen) atoms. The van der Waals surface area contributed by atoms with Crippen molar-refractivity contribution >= 4 is 11.4 Å². The largest absolute Gasteiger partial charge is 0.573 e. The van der Waals surface area contributed by atoms with Gasteiger partial charge >= 0.3 is 6.36 Å². The number of nitrogens with zero attached hydrogens (tertiary/aromatic N) is 1. The molecule has 0 saturated carbocycles. The number of hydrogen-bond donors (Lipinski definition) is 1. The van der Waals surface area contributed by atoms with Crippen LogP contribution in [0.1, 0.15) is 0 Å². The second-order valence-electron chi connectivity index (χ2n) is 4.11. The first-order valence-electron chi connectivity index (χ1n) is 5.66. The maximum Gasteiger partial charge on any atom is 0.573 e. The number of benzene rings is 2. The Hall–Kier alpha value is -2.77. The first-order valence-corrected chi connectivity index (χ1v) is 5.66. The van der Waals surface area contributed by atoms with Crippen LogP contribution in [0.2, 0.25) is 0 Å². The molecule has 0 aliphatic rings. The second-order valence-corrected chi connectivity index (χ2v) is 4.11. The van der Waals surface area contributed by atoms with Gasteiger partial charge in [0.05, 0.1) is 4.92 Å². The lowest BCUT2D eigenvalue weighted by molar-refractivity contribution is -0.383. The van der Waals surface area contributed by atoms with E-state index in [-0.39, 0.29) is 11.4 Å². The molecule has 0 radical (unpaired) electrons. The Balaban J connectivity index is 2.41. The standard InChI is InChI=1S/C13H9F3N2O3/c14-13(15,16)21-10-3-1-2-8(6-10)9-4-5-11(17)12(7-9)18(19)20/h1-7H,17H2. The summed E-state index contributed by atoms with van der Waals surface area (Å²) in [5.41, 5.74) is 5.85. The number of nitro benzene ring substituents is 1. The molecule has 8 heteroatoms. The van der Waals surface area contributed by atoms with Crippen molar-refractivity contribution in [2.45, 2.75) is 6.36 Å². The second kappa shape index (κ2) is 5.31. The molecule has 0 fully saturated rings. The van der Waals surface area contributed by atoms with Gasteiger partial charge in [-0.05, 0) is 29.3 Å². The lowest BCUT2D eigenvalue weighted by Gasteiger charge is -2.10. The van der Waals surface area contributed by atoms with E-state index < -0.39 is 17.0 Å². The molecule has 0 aliphatic carbocycles. The average molecular weight is 298 g/mol. The summed E-state index contributed by atoms with van der Waals surface area (Å²) in [4.78, 5) is 10.2. The summed E-state index contributed by atoms with van der Waals surface area (Å²) in [7, 11) is 0. The molecule has 0 aliphatic heterocycles. The molecule has 2 N–H and O–H groups in total. The van der Waals surface area contributed by atoms with E-state index in [4.69, 9.17) is 5.73 Å². The molecule has 0 unspecified atom stereocenters. The fraction of sp³-hybridized carbons (Fsp3) is 0.0769. The molecule has 0 spiro atoms. The number of nitrogen functional groups attached to an aromatic ring is 1. The van der Waals surface area contributed by atoms with Gasteiger partial charge in [-0.25, -0.2) is 0 Å². The molecule has 0 heterocycles. The normalized spacial score (nSPS) is 11.2. The quantitative estimate of drug-likeness (QED) is 0.532. The van der Waals surface area contributed by atoms with Gasteiger partial charge in [0.15, 0.2) is 0 Å². The minimum absolute atomic E-state index is 0.0218. The van der Waals surface area contributed by atoms with Gasteiger partial charge in [0.1, 0.15) is 11.4 Å². The number of halogens is 3. The predicted molar refractivity (Wildman–Crippen MR) is 69.6 cm³/mol. The van der Waals surface area contributed by atoms with Gasteiger partial charge in [-0.2, -0.15) is 0 Å². The minimum Gasteiger partial charge on any atom is -0.406 e.